The summed E-state index contributed by atoms with van der Waals surface area (Å²) in [7, 11) is 0. The number of hydrogen-bond donors (Lipinski definition) is 6. The van der Waals surface area contributed by atoms with Crippen LogP contribution >= 0.6 is 24.4 Å². The number of aliphatic hydroxyl groups is 1. The third-order valence-electron chi connectivity index (χ3n) is 4.40. The van der Waals surface area contributed by atoms with Gasteiger partial charge in [-0.05, 0) is 31.3 Å². The van der Waals surface area contributed by atoms with Crippen LogP contribution < -0.4 is 16.4 Å². The van der Waals surface area contributed by atoms with E-state index in [0.717, 1.165) is 0 Å². The molecule has 3 amide bonds. The van der Waals surface area contributed by atoms with Crippen LogP contribution in [0.1, 0.15) is 19.3 Å². The lowest BCUT2D eigenvalue weighted by Crippen LogP contribution is -2.58. The Bertz CT molecular complexity index is 579. The van der Waals surface area contributed by atoms with Crippen LogP contribution in [0.5, 0.6) is 0 Å². The number of nitrogens with zero attached hydrogens (tertiary/aromatic N) is 1. The van der Waals surface area contributed by atoms with Gasteiger partial charge < -0.3 is 31.5 Å². The molecule has 0 bridgehead atoms. The molecule has 10 nitrogen and oxygen atoms in total. The molecule has 1 rings (SSSR count). The minimum atomic E-state index is -1.16. The maximum absolute atomic E-state index is 12.7. The summed E-state index contributed by atoms with van der Waals surface area (Å²) < 4.78 is 0. The zero-order valence-corrected chi connectivity index (χ0v) is 17.4. The lowest BCUT2D eigenvalue weighted by Gasteiger charge is -2.28. The van der Waals surface area contributed by atoms with E-state index in [1.165, 1.54) is 16.7 Å². The molecule has 1 fully saturated rings. The molecule has 0 radical (unpaired) electrons. The molecule has 1 saturated heterocycles. The Morgan fingerprint density at radius 3 is 2.43 bits per heavy atom. The highest BCUT2D eigenvalue weighted by atomic mass is 32.2. The highest BCUT2D eigenvalue weighted by molar-refractivity contribution is 7.98. The van der Waals surface area contributed by atoms with Gasteiger partial charge >= 0.3 is 5.97 Å². The van der Waals surface area contributed by atoms with Gasteiger partial charge in [-0.3, -0.25) is 14.4 Å². The molecule has 6 N–H and O–H groups in total. The van der Waals surface area contributed by atoms with E-state index < -0.39 is 54.5 Å². The Balaban J connectivity index is 2.82. The fourth-order valence-corrected chi connectivity index (χ4v) is 3.53. The zero-order chi connectivity index (χ0) is 21.3. The minimum absolute atomic E-state index is 0.0211. The SMILES string of the molecule is CSCCC(NC(=O)C(N)CO)C(=O)NC(CS)C(=O)N1CCCC1C(=O)O. The number of carboxylic acid groups (broad SMARTS) is 1. The van der Waals surface area contributed by atoms with Crippen LogP contribution in [0.4, 0.5) is 0 Å². The first kappa shape index (κ1) is 24.5. The summed E-state index contributed by atoms with van der Waals surface area (Å²) in [5, 5.41) is 23.2. The molecule has 0 spiro atoms. The fourth-order valence-electron chi connectivity index (χ4n) is 2.81. The fraction of sp³-hybridized carbons (Fsp3) is 0.750. The third kappa shape index (κ3) is 6.83. The van der Waals surface area contributed by atoms with Crippen molar-refractivity contribution >= 4 is 48.1 Å². The van der Waals surface area contributed by atoms with Gasteiger partial charge in [0.1, 0.15) is 24.2 Å². The van der Waals surface area contributed by atoms with E-state index in [2.05, 4.69) is 23.3 Å². The Labute approximate surface area is 173 Å². The number of thioether (sulfide) groups is 1. The van der Waals surface area contributed by atoms with Crippen molar-refractivity contribution in [3.05, 3.63) is 0 Å². The number of nitrogens with two attached hydrogens (primary N) is 1. The predicted octanol–water partition coefficient (Wildman–Crippen LogP) is -1.97. The topological polar surface area (TPSA) is 162 Å². The second-order valence-electron chi connectivity index (χ2n) is 6.40. The molecule has 1 heterocycles. The number of carboxylic acids is 1. The first-order chi connectivity index (χ1) is 13.3. The smallest absolute Gasteiger partial charge is 0.326 e. The van der Waals surface area contributed by atoms with Gasteiger partial charge in [-0.2, -0.15) is 24.4 Å². The van der Waals surface area contributed by atoms with E-state index in [1.807, 2.05) is 6.26 Å². The van der Waals surface area contributed by atoms with Crippen molar-refractivity contribution < 1.29 is 29.4 Å². The molecule has 0 aromatic heterocycles. The zero-order valence-electron chi connectivity index (χ0n) is 15.7. The molecule has 28 heavy (non-hydrogen) atoms. The monoisotopic (exact) mass is 436 g/mol. The number of amides is 3. The Kier molecular flexibility index (Phi) is 10.6. The van der Waals surface area contributed by atoms with E-state index in [0.29, 0.717) is 31.6 Å². The van der Waals surface area contributed by atoms with Crippen LogP contribution in [-0.4, -0.2) is 93.9 Å². The van der Waals surface area contributed by atoms with Gasteiger partial charge in [0.2, 0.25) is 17.7 Å². The van der Waals surface area contributed by atoms with Gasteiger partial charge in [0.15, 0.2) is 0 Å². The van der Waals surface area contributed by atoms with Crippen LogP contribution in [0.2, 0.25) is 0 Å². The van der Waals surface area contributed by atoms with Crippen LogP contribution in [0.25, 0.3) is 0 Å². The Morgan fingerprint density at radius 1 is 1.25 bits per heavy atom. The lowest BCUT2D eigenvalue weighted by molar-refractivity contribution is -0.149. The van der Waals surface area contributed by atoms with Crippen LogP contribution in [0.15, 0.2) is 0 Å². The van der Waals surface area contributed by atoms with Crippen molar-refractivity contribution in [2.24, 2.45) is 5.73 Å². The summed E-state index contributed by atoms with van der Waals surface area (Å²) in [4.78, 5) is 49.8. The molecule has 4 atom stereocenters. The normalized spacial score (nSPS) is 19.6. The largest absolute Gasteiger partial charge is 0.480 e. The number of likely N-dealkylation sites (tertiary alicyclic amines) is 1. The van der Waals surface area contributed by atoms with E-state index in [9.17, 15) is 24.3 Å². The lowest BCUT2D eigenvalue weighted by atomic mass is 10.1. The molecule has 160 valence electrons. The van der Waals surface area contributed by atoms with Gasteiger partial charge in [0.05, 0.1) is 6.61 Å². The summed E-state index contributed by atoms with van der Waals surface area (Å²) >= 11 is 5.58. The number of hydrogen-bond acceptors (Lipinski definition) is 8. The van der Waals surface area contributed by atoms with Gasteiger partial charge in [-0.1, -0.05) is 0 Å². The highest BCUT2D eigenvalue weighted by Gasteiger charge is 2.37. The summed E-state index contributed by atoms with van der Waals surface area (Å²) in [6.07, 6.45) is 3.07. The number of carbonyl (C=O) groups is 4. The predicted molar refractivity (Wildman–Crippen MR) is 108 cm³/mol. The Hall–Kier alpha value is -1.50. The number of rotatable bonds is 11. The van der Waals surface area contributed by atoms with Gasteiger partial charge in [-0.15, -0.1) is 0 Å². The highest BCUT2D eigenvalue weighted by Crippen LogP contribution is 2.19. The van der Waals surface area contributed by atoms with Crippen molar-refractivity contribution in [1.82, 2.24) is 15.5 Å². The van der Waals surface area contributed by atoms with Crippen molar-refractivity contribution in [2.75, 3.05) is 30.9 Å². The third-order valence-corrected chi connectivity index (χ3v) is 5.40. The quantitative estimate of drug-likeness (QED) is 0.203. The summed E-state index contributed by atoms with van der Waals surface area (Å²) in [6.45, 7) is -0.264. The molecule has 1 aliphatic rings. The molecule has 0 saturated carbocycles. The van der Waals surface area contributed by atoms with Gasteiger partial charge in [0.25, 0.3) is 0 Å². The first-order valence-electron chi connectivity index (χ1n) is 8.87. The molecule has 0 aromatic carbocycles. The molecule has 1 aliphatic heterocycles. The molecular formula is C16H28N4O6S2. The number of aliphatic carboxylic acids is 1. The molecule has 4 unspecified atom stereocenters. The minimum Gasteiger partial charge on any atom is -0.480 e. The molecular weight excluding hydrogens is 408 g/mol. The second-order valence-corrected chi connectivity index (χ2v) is 7.75. The standard InChI is InChI=1S/C16H28N4O6S2/c1-28-6-4-10(18-13(22)9(17)7-21)14(23)19-11(8-27)15(24)20-5-2-3-12(20)16(25)26/h9-12,21,27H,2-8,17H2,1H3,(H,18,22)(H,19,23)(H,25,26). The summed E-state index contributed by atoms with van der Waals surface area (Å²) in [6, 6.07) is -4.04. The maximum atomic E-state index is 12.7. The van der Waals surface area contributed by atoms with E-state index in [1.54, 1.807) is 0 Å². The molecule has 12 heteroatoms. The van der Waals surface area contributed by atoms with Crippen LogP contribution in [-0.2, 0) is 19.2 Å². The average Bonchev–Trinajstić information content (AvgIpc) is 3.17. The van der Waals surface area contributed by atoms with Crippen molar-refractivity contribution in [3.8, 4) is 0 Å². The molecule has 0 aromatic rings. The van der Waals surface area contributed by atoms with Crippen molar-refractivity contribution in [3.63, 3.8) is 0 Å². The Morgan fingerprint density at radius 2 is 1.89 bits per heavy atom. The van der Waals surface area contributed by atoms with Crippen molar-refractivity contribution in [1.29, 1.82) is 0 Å². The summed E-state index contributed by atoms with van der Waals surface area (Å²) in [5.41, 5.74) is 5.47. The van der Waals surface area contributed by atoms with Crippen molar-refractivity contribution in [2.45, 2.75) is 43.4 Å². The summed E-state index contributed by atoms with van der Waals surface area (Å²) in [5.74, 6) is -2.32. The number of nitrogens with one attached hydrogen (secondary N) is 2. The van der Waals surface area contributed by atoms with Gasteiger partial charge in [-0.25, -0.2) is 4.79 Å². The maximum Gasteiger partial charge on any atom is 0.326 e. The van der Waals surface area contributed by atoms with E-state index in [4.69, 9.17) is 10.8 Å². The van der Waals surface area contributed by atoms with Gasteiger partial charge in [0, 0.05) is 12.3 Å². The first-order valence-corrected chi connectivity index (χ1v) is 10.9. The number of aliphatic hydroxyl groups excluding tert-OH is 1. The van der Waals surface area contributed by atoms with Crippen LogP contribution in [0, 0.1) is 0 Å². The molecule has 0 aliphatic carbocycles. The average molecular weight is 437 g/mol. The number of carbonyl (C=O) groups excluding carboxylic acids is 3. The van der Waals surface area contributed by atoms with Crippen LogP contribution in [0.3, 0.4) is 0 Å². The van der Waals surface area contributed by atoms with E-state index in [-0.39, 0.29) is 5.75 Å². The number of thiol groups is 1. The van der Waals surface area contributed by atoms with E-state index >= 15 is 0 Å². The second kappa shape index (κ2) is 12.1.